The molecule has 29 heavy (non-hydrogen) atoms. The summed E-state index contributed by atoms with van der Waals surface area (Å²) in [6.07, 6.45) is 0. The molecule has 0 fully saturated rings. The Hall–Kier alpha value is -3.39. The van der Waals surface area contributed by atoms with Crippen molar-refractivity contribution < 1.29 is 9.53 Å². The van der Waals surface area contributed by atoms with Crippen molar-refractivity contribution in [3.63, 3.8) is 0 Å². The largest absolute Gasteiger partial charge is 0.497 e. The molecule has 3 heterocycles. The summed E-state index contributed by atoms with van der Waals surface area (Å²) in [6, 6.07) is 13.4. The van der Waals surface area contributed by atoms with Gasteiger partial charge in [0.25, 0.3) is 11.5 Å². The third-order valence-corrected chi connectivity index (χ3v) is 6.25. The molecule has 2 aromatic carbocycles. The molecule has 0 atom stereocenters. The molecule has 0 radical (unpaired) electrons. The van der Waals surface area contributed by atoms with Crippen LogP contribution in [-0.2, 0) is 11.5 Å². The number of hydrogen-bond donors (Lipinski definition) is 1. The molecule has 0 bridgehead atoms. The van der Waals surface area contributed by atoms with Crippen molar-refractivity contribution in [2.75, 3.05) is 24.0 Å². The molecule has 1 amide bonds. The first-order valence-electron chi connectivity index (χ1n) is 9.15. The van der Waals surface area contributed by atoms with E-state index < -0.39 is 0 Å². The molecule has 2 aliphatic heterocycles. The van der Waals surface area contributed by atoms with E-state index in [9.17, 15) is 9.59 Å². The number of hydrogen-bond acceptors (Lipinski definition) is 6. The van der Waals surface area contributed by atoms with Gasteiger partial charge in [0.2, 0.25) is 0 Å². The van der Waals surface area contributed by atoms with Gasteiger partial charge in [-0.3, -0.25) is 14.2 Å². The Balaban J connectivity index is 1.61. The Morgan fingerprint density at radius 2 is 1.93 bits per heavy atom. The van der Waals surface area contributed by atoms with Gasteiger partial charge in [0.15, 0.2) is 4.80 Å². The average molecular weight is 406 g/mol. The highest BCUT2D eigenvalue weighted by atomic mass is 32.1. The van der Waals surface area contributed by atoms with E-state index in [1.807, 2.05) is 54.3 Å². The first-order chi connectivity index (χ1) is 14.0. The topological polar surface area (TPSA) is 75.9 Å². The van der Waals surface area contributed by atoms with Crippen LogP contribution in [0.1, 0.15) is 11.1 Å². The summed E-state index contributed by atoms with van der Waals surface area (Å²) in [6.45, 7) is 2.80. The number of nitrogens with zero attached hydrogens (tertiary/aromatic N) is 3. The predicted octanol–water partition coefficient (Wildman–Crippen LogP) is 1.43. The first-order valence-corrected chi connectivity index (χ1v) is 9.96. The summed E-state index contributed by atoms with van der Waals surface area (Å²) in [4.78, 5) is 33.0. The number of aromatic nitrogens is 1. The van der Waals surface area contributed by atoms with Crippen LogP contribution in [0.15, 0.2) is 52.3 Å². The van der Waals surface area contributed by atoms with Gasteiger partial charge in [-0.2, -0.15) is 0 Å². The standard InChI is InChI=1S/C21H18N4O3S/c1-12-3-8-16-15(9-12)17(19(26)23-16)18-20(27)25-11-24(10-22-21(25)29-18)13-4-6-14(28-2)7-5-13/h3-9H,10-11H2,1-2H3,(H,23,26). The average Bonchev–Trinajstić information content (AvgIpc) is 3.23. The number of amides is 1. The molecule has 8 heteroatoms. The zero-order valence-corrected chi connectivity index (χ0v) is 16.7. The summed E-state index contributed by atoms with van der Waals surface area (Å²) in [5.74, 6) is 0.532. The van der Waals surface area contributed by atoms with Crippen LogP contribution in [0.4, 0.5) is 11.4 Å². The lowest BCUT2D eigenvalue weighted by atomic mass is 10.1. The highest BCUT2D eigenvalue weighted by molar-refractivity contribution is 7.07. The Morgan fingerprint density at radius 1 is 1.14 bits per heavy atom. The molecule has 0 saturated heterocycles. The fraction of sp³-hybridized carbons (Fsp3) is 0.190. The number of thiazole rings is 1. The predicted molar refractivity (Wildman–Crippen MR) is 112 cm³/mol. The lowest BCUT2D eigenvalue weighted by molar-refractivity contribution is -0.110. The van der Waals surface area contributed by atoms with E-state index in [1.165, 1.54) is 11.3 Å². The van der Waals surface area contributed by atoms with Crippen LogP contribution in [0.25, 0.3) is 5.57 Å². The molecule has 0 aliphatic carbocycles. The molecule has 0 spiro atoms. The van der Waals surface area contributed by atoms with Gasteiger partial charge in [-0.15, -0.1) is 0 Å². The molecule has 2 aliphatic rings. The number of methoxy groups -OCH3 is 1. The van der Waals surface area contributed by atoms with Gasteiger partial charge < -0.3 is 15.0 Å². The quantitative estimate of drug-likeness (QED) is 0.699. The first kappa shape index (κ1) is 17.7. The zero-order valence-electron chi connectivity index (χ0n) is 15.9. The van der Waals surface area contributed by atoms with E-state index >= 15 is 0 Å². The summed E-state index contributed by atoms with van der Waals surface area (Å²) in [5, 5.41) is 2.86. The van der Waals surface area contributed by atoms with Gasteiger partial charge in [-0.1, -0.05) is 23.0 Å². The SMILES string of the molecule is COc1ccc(N2CN=c3sc(=C4C(=O)Nc5ccc(C)cc54)c(=O)n3C2)cc1. The summed E-state index contributed by atoms with van der Waals surface area (Å²) < 4.78 is 7.26. The van der Waals surface area contributed by atoms with Crippen LogP contribution in [-0.4, -0.2) is 24.3 Å². The van der Waals surface area contributed by atoms with Crippen LogP contribution < -0.4 is 29.8 Å². The Labute approximate surface area is 170 Å². The fourth-order valence-electron chi connectivity index (χ4n) is 3.62. The Bertz CT molecular complexity index is 1320. The number of ether oxygens (including phenoxy) is 1. The summed E-state index contributed by atoms with van der Waals surface area (Å²) in [5.41, 5.74) is 3.75. The summed E-state index contributed by atoms with van der Waals surface area (Å²) >= 11 is 1.27. The molecule has 146 valence electrons. The monoisotopic (exact) mass is 406 g/mol. The van der Waals surface area contributed by atoms with E-state index in [0.717, 1.165) is 28.3 Å². The van der Waals surface area contributed by atoms with Gasteiger partial charge in [-0.25, -0.2) is 4.99 Å². The van der Waals surface area contributed by atoms with Crippen molar-refractivity contribution in [1.29, 1.82) is 0 Å². The van der Waals surface area contributed by atoms with Crippen LogP contribution >= 0.6 is 11.3 Å². The molecule has 3 aromatic rings. The lowest BCUT2D eigenvalue weighted by Gasteiger charge is -2.25. The van der Waals surface area contributed by atoms with Gasteiger partial charge in [-0.05, 0) is 43.3 Å². The van der Waals surface area contributed by atoms with Crippen LogP contribution in [0.2, 0.25) is 0 Å². The second kappa shape index (κ2) is 6.59. The third kappa shape index (κ3) is 2.84. The van der Waals surface area contributed by atoms with Crippen molar-refractivity contribution in [3.05, 3.63) is 73.3 Å². The van der Waals surface area contributed by atoms with E-state index in [4.69, 9.17) is 4.74 Å². The number of aryl methyl sites for hydroxylation is 1. The van der Waals surface area contributed by atoms with Gasteiger partial charge in [0.05, 0.1) is 12.7 Å². The Morgan fingerprint density at radius 3 is 2.69 bits per heavy atom. The van der Waals surface area contributed by atoms with Crippen molar-refractivity contribution in [3.8, 4) is 5.75 Å². The molecule has 0 unspecified atom stereocenters. The Kier molecular flexibility index (Phi) is 4.02. The highest BCUT2D eigenvalue weighted by Crippen LogP contribution is 2.30. The normalized spacial score (nSPS) is 16.8. The van der Waals surface area contributed by atoms with E-state index in [2.05, 4.69) is 10.3 Å². The second-order valence-corrected chi connectivity index (χ2v) is 7.98. The molecule has 1 N–H and O–H groups in total. The van der Waals surface area contributed by atoms with Gasteiger partial charge >= 0.3 is 0 Å². The molecule has 7 nitrogen and oxygen atoms in total. The fourth-order valence-corrected chi connectivity index (χ4v) is 4.68. The minimum absolute atomic E-state index is 0.188. The number of anilines is 2. The van der Waals surface area contributed by atoms with Gasteiger partial charge in [0.1, 0.15) is 23.6 Å². The molecular weight excluding hydrogens is 388 g/mol. The zero-order chi connectivity index (χ0) is 20.1. The number of fused-ring (bicyclic) bond motifs is 2. The molecule has 5 rings (SSSR count). The van der Waals surface area contributed by atoms with Crippen molar-refractivity contribution in [2.24, 2.45) is 4.99 Å². The van der Waals surface area contributed by atoms with Gasteiger partial charge in [0, 0.05) is 16.9 Å². The number of carbonyl (C=O) groups excluding carboxylic acids is 1. The van der Waals surface area contributed by atoms with E-state index in [0.29, 0.717) is 28.2 Å². The van der Waals surface area contributed by atoms with E-state index in [1.54, 1.807) is 11.7 Å². The maximum atomic E-state index is 13.2. The molecule has 0 saturated carbocycles. The maximum Gasteiger partial charge on any atom is 0.272 e. The minimum Gasteiger partial charge on any atom is -0.497 e. The van der Waals surface area contributed by atoms with Crippen LogP contribution in [0.3, 0.4) is 0 Å². The molecular formula is C21H18N4O3S. The number of nitrogens with one attached hydrogen (secondary N) is 1. The van der Waals surface area contributed by atoms with Crippen molar-refractivity contribution >= 4 is 34.2 Å². The smallest absolute Gasteiger partial charge is 0.272 e. The minimum atomic E-state index is -0.242. The molecule has 1 aromatic heterocycles. The van der Waals surface area contributed by atoms with Crippen molar-refractivity contribution in [1.82, 2.24) is 4.57 Å². The number of benzene rings is 2. The van der Waals surface area contributed by atoms with Crippen LogP contribution in [0.5, 0.6) is 5.75 Å². The lowest BCUT2D eigenvalue weighted by Crippen LogP contribution is -2.43. The maximum absolute atomic E-state index is 13.2. The van der Waals surface area contributed by atoms with Crippen molar-refractivity contribution in [2.45, 2.75) is 13.6 Å². The summed E-state index contributed by atoms with van der Waals surface area (Å²) in [7, 11) is 1.63. The van der Waals surface area contributed by atoms with E-state index in [-0.39, 0.29) is 11.5 Å². The number of carbonyl (C=O) groups is 1. The number of rotatable bonds is 2. The van der Waals surface area contributed by atoms with Crippen LogP contribution in [0, 0.1) is 6.92 Å². The second-order valence-electron chi connectivity index (χ2n) is 7.00. The third-order valence-electron chi connectivity index (χ3n) is 5.14. The highest BCUT2D eigenvalue weighted by Gasteiger charge is 2.28.